The van der Waals surface area contributed by atoms with E-state index in [1.807, 2.05) is 57.5 Å². The number of anilines is 4. The van der Waals surface area contributed by atoms with Crippen molar-refractivity contribution in [3.8, 4) is 16.9 Å². The highest BCUT2D eigenvalue weighted by Gasteiger charge is 2.17. The summed E-state index contributed by atoms with van der Waals surface area (Å²) in [5.41, 5.74) is 4.27. The lowest BCUT2D eigenvalue weighted by Crippen LogP contribution is -2.29. The maximum atomic E-state index is 13.9. The number of rotatable bonds is 9. The minimum absolute atomic E-state index is 0.180. The van der Waals surface area contributed by atoms with Crippen molar-refractivity contribution >= 4 is 39.8 Å². The second-order valence-electron chi connectivity index (χ2n) is 9.05. The van der Waals surface area contributed by atoms with Crippen LogP contribution in [0.4, 0.5) is 27.4 Å². The first kappa shape index (κ1) is 25.8. The van der Waals surface area contributed by atoms with Crippen LogP contribution in [0, 0.1) is 5.82 Å². The van der Waals surface area contributed by atoms with Crippen LogP contribution in [-0.4, -0.2) is 62.1 Å². The van der Waals surface area contributed by atoms with Gasteiger partial charge in [0.15, 0.2) is 0 Å². The molecule has 4 rings (SSSR count). The lowest BCUT2D eigenvalue weighted by atomic mass is 10.0. The molecule has 0 unspecified atom stereocenters. The molecule has 4 aromatic rings. The van der Waals surface area contributed by atoms with Crippen LogP contribution in [0.15, 0.2) is 60.8 Å². The Hall–Kier alpha value is -4.24. The van der Waals surface area contributed by atoms with Gasteiger partial charge >= 0.3 is 0 Å². The first-order chi connectivity index (χ1) is 17.7. The molecule has 3 aromatic carbocycles. The first-order valence-electron chi connectivity index (χ1n) is 11.9. The van der Waals surface area contributed by atoms with E-state index in [0.29, 0.717) is 28.6 Å². The summed E-state index contributed by atoms with van der Waals surface area (Å²) in [6.07, 6.45) is 1.72. The summed E-state index contributed by atoms with van der Waals surface area (Å²) in [4.78, 5) is 25.4. The van der Waals surface area contributed by atoms with Crippen LogP contribution in [0.2, 0.25) is 0 Å². The van der Waals surface area contributed by atoms with Crippen molar-refractivity contribution in [2.24, 2.45) is 0 Å². The highest BCUT2D eigenvalue weighted by molar-refractivity contribution is 5.96. The molecule has 9 heteroatoms. The molecule has 1 amide bonds. The number of amides is 1. The van der Waals surface area contributed by atoms with E-state index in [-0.39, 0.29) is 11.7 Å². The molecule has 0 atom stereocenters. The monoisotopic (exact) mass is 502 g/mol. The second kappa shape index (κ2) is 11.2. The van der Waals surface area contributed by atoms with Crippen LogP contribution in [0.25, 0.3) is 22.0 Å². The zero-order valence-electron chi connectivity index (χ0n) is 21.7. The molecular weight excluding hydrogens is 471 g/mol. The minimum Gasteiger partial charge on any atom is -0.494 e. The standard InChI is InChI=1S/C28H31FN6O2/c1-18(36)31-23-15-24(26(37-5)16-25(23)35(4)13-12-34(2)3)32-28-30-17-20-9-7-11-22(27(20)33-28)19-8-6-10-21(29)14-19/h6-11,14-17H,12-13H2,1-5H3,(H,31,36)(H,30,32,33). The molecule has 0 aliphatic carbocycles. The van der Waals surface area contributed by atoms with Crippen molar-refractivity contribution < 1.29 is 13.9 Å². The summed E-state index contributed by atoms with van der Waals surface area (Å²) in [6.45, 7) is 3.07. The van der Waals surface area contributed by atoms with Gasteiger partial charge in [-0.2, -0.15) is 0 Å². The highest BCUT2D eigenvalue weighted by atomic mass is 19.1. The van der Waals surface area contributed by atoms with Crippen molar-refractivity contribution in [3.05, 3.63) is 66.6 Å². The van der Waals surface area contributed by atoms with Crippen molar-refractivity contribution in [1.82, 2.24) is 14.9 Å². The molecule has 0 spiro atoms. The Morgan fingerprint density at radius 2 is 1.81 bits per heavy atom. The number of hydrogen-bond donors (Lipinski definition) is 2. The van der Waals surface area contributed by atoms with Crippen molar-refractivity contribution in [2.45, 2.75) is 6.92 Å². The third-order valence-electron chi connectivity index (χ3n) is 5.92. The normalized spacial score (nSPS) is 11.0. The summed E-state index contributed by atoms with van der Waals surface area (Å²) >= 11 is 0. The van der Waals surface area contributed by atoms with E-state index in [4.69, 9.17) is 9.72 Å². The summed E-state index contributed by atoms with van der Waals surface area (Å²) in [7, 11) is 7.58. The molecule has 0 fully saturated rings. The maximum Gasteiger partial charge on any atom is 0.227 e. The van der Waals surface area contributed by atoms with E-state index in [1.165, 1.54) is 19.1 Å². The van der Waals surface area contributed by atoms with Crippen LogP contribution in [0.5, 0.6) is 5.75 Å². The average Bonchev–Trinajstić information content (AvgIpc) is 2.86. The van der Waals surface area contributed by atoms with Gasteiger partial charge in [0, 0.05) is 50.3 Å². The van der Waals surface area contributed by atoms with Gasteiger partial charge in [0.25, 0.3) is 0 Å². The Morgan fingerprint density at radius 3 is 2.51 bits per heavy atom. The van der Waals surface area contributed by atoms with Crippen LogP contribution in [0.3, 0.4) is 0 Å². The number of nitrogens with one attached hydrogen (secondary N) is 2. The topological polar surface area (TPSA) is 82.6 Å². The third-order valence-corrected chi connectivity index (χ3v) is 5.92. The van der Waals surface area contributed by atoms with Gasteiger partial charge in [-0.25, -0.2) is 14.4 Å². The predicted octanol–water partition coefficient (Wildman–Crippen LogP) is 5.14. The Kier molecular flexibility index (Phi) is 7.83. The zero-order chi connectivity index (χ0) is 26.5. The van der Waals surface area contributed by atoms with Gasteiger partial charge in [-0.15, -0.1) is 0 Å². The van der Waals surface area contributed by atoms with E-state index in [9.17, 15) is 9.18 Å². The minimum atomic E-state index is -0.312. The average molecular weight is 503 g/mol. The fraction of sp³-hybridized carbons (Fsp3) is 0.250. The zero-order valence-corrected chi connectivity index (χ0v) is 21.7. The van der Waals surface area contributed by atoms with Crippen molar-refractivity contribution in [1.29, 1.82) is 0 Å². The number of hydrogen-bond acceptors (Lipinski definition) is 7. The summed E-state index contributed by atoms with van der Waals surface area (Å²) in [6, 6.07) is 15.8. The van der Waals surface area contributed by atoms with Crippen LogP contribution in [-0.2, 0) is 4.79 Å². The third kappa shape index (κ3) is 6.13. The number of nitrogens with zero attached hydrogens (tertiary/aromatic N) is 4. The van der Waals surface area contributed by atoms with Crippen LogP contribution < -0.4 is 20.3 Å². The Morgan fingerprint density at radius 1 is 1.03 bits per heavy atom. The fourth-order valence-corrected chi connectivity index (χ4v) is 4.04. The summed E-state index contributed by atoms with van der Waals surface area (Å²) in [5.74, 6) is 0.424. The number of benzene rings is 3. The van der Waals surface area contributed by atoms with Gasteiger partial charge < -0.3 is 25.2 Å². The molecule has 0 aliphatic heterocycles. The maximum absolute atomic E-state index is 13.9. The van der Waals surface area contributed by atoms with Gasteiger partial charge in [0.1, 0.15) is 11.6 Å². The first-order valence-corrected chi connectivity index (χ1v) is 11.9. The van der Waals surface area contributed by atoms with Gasteiger partial charge in [0.05, 0.1) is 29.7 Å². The van der Waals surface area contributed by atoms with Gasteiger partial charge in [-0.1, -0.05) is 30.3 Å². The molecule has 1 heterocycles. The summed E-state index contributed by atoms with van der Waals surface area (Å²) in [5, 5.41) is 6.98. The lowest BCUT2D eigenvalue weighted by molar-refractivity contribution is -0.114. The molecule has 8 nitrogen and oxygen atoms in total. The van der Waals surface area contributed by atoms with Gasteiger partial charge in [0.2, 0.25) is 11.9 Å². The number of para-hydroxylation sites is 1. The summed E-state index contributed by atoms with van der Waals surface area (Å²) < 4.78 is 19.6. The highest BCUT2D eigenvalue weighted by Crippen LogP contribution is 2.38. The van der Waals surface area contributed by atoms with E-state index in [1.54, 1.807) is 19.4 Å². The lowest BCUT2D eigenvalue weighted by Gasteiger charge is -2.26. The smallest absolute Gasteiger partial charge is 0.227 e. The van der Waals surface area contributed by atoms with Gasteiger partial charge in [-0.3, -0.25) is 4.79 Å². The SMILES string of the molecule is COc1cc(N(C)CCN(C)C)c(NC(C)=O)cc1Nc1ncc2cccc(-c3cccc(F)c3)c2n1. The molecule has 2 N–H and O–H groups in total. The number of halogens is 1. The molecular formula is C28H31FN6O2. The Bertz CT molecular complexity index is 1430. The molecule has 0 saturated carbocycles. The molecule has 0 saturated heterocycles. The van der Waals surface area contributed by atoms with Crippen molar-refractivity contribution in [2.75, 3.05) is 56.9 Å². The number of carbonyl (C=O) groups excluding carboxylic acids is 1. The molecule has 0 aliphatic rings. The second-order valence-corrected chi connectivity index (χ2v) is 9.05. The molecule has 0 bridgehead atoms. The molecule has 0 radical (unpaired) electrons. The fourth-order valence-electron chi connectivity index (χ4n) is 4.04. The van der Waals surface area contributed by atoms with E-state index in [0.717, 1.165) is 35.3 Å². The van der Waals surface area contributed by atoms with E-state index >= 15 is 0 Å². The number of aromatic nitrogens is 2. The Labute approximate surface area is 216 Å². The number of likely N-dealkylation sites (N-methyl/N-ethyl adjacent to an activating group) is 2. The molecule has 37 heavy (non-hydrogen) atoms. The predicted molar refractivity (Wildman–Crippen MR) is 147 cm³/mol. The van der Waals surface area contributed by atoms with Crippen LogP contribution >= 0.6 is 0 Å². The number of carbonyl (C=O) groups is 1. The number of fused-ring (bicyclic) bond motifs is 1. The quantitative estimate of drug-likeness (QED) is 0.328. The number of methoxy groups -OCH3 is 1. The molecule has 1 aromatic heterocycles. The number of ether oxygens (including phenoxy) is 1. The largest absolute Gasteiger partial charge is 0.494 e. The van der Waals surface area contributed by atoms with Gasteiger partial charge in [-0.05, 0) is 37.9 Å². The van der Waals surface area contributed by atoms with E-state index < -0.39 is 0 Å². The van der Waals surface area contributed by atoms with Crippen LogP contribution in [0.1, 0.15) is 6.92 Å². The Balaban J connectivity index is 1.74. The molecule has 192 valence electrons. The van der Waals surface area contributed by atoms with E-state index in [2.05, 4.69) is 25.4 Å². The van der Waals surface area contributed by atoms with Crippen molar-refractivity contribution in [3.63, 3.8) is 0 Å².